The summed E-state index contributed by atoms with van der Waals surface area (Å²) in [5, 5.41) is 0. The molecule has 0 aliphatic rings. The van der Waals surface area contributed by atoms with Crippen LogP contribution in [0.3, 0.4) is 0 Å². The number of benzene rings is 2. The summed E-state index contributed by atoms with van der Waals surface area (Å²) in [6, 6.07) is 9.57. The lowest BCUT2D eigenvalue weighted by molar-refractivity contribution is 0.599. The van der Waals surface area contributed by atoms with Crippen molar-refractivity contribution in [3.63, 3.8) is 0 Å². The van der Waals surface area contributed by atoms with Crippen LogP contribution in [0.25, 0.3) is 0 Å². The summed E-state index contributed by atoms with van der Waals surface area (Å²) >= 11 is 0. The number of hydrogen-bond donors (Lipinski definition) is 2. The number of nitrogens with two attached hydrogens (primary N) is 1. The highest BCUT2D eigenvalue weighted by atomic mass is 32.2. The minimum Gasteiger partial charge on any atom is -0.398 e. The van der Waals surface area contributed by atoms with Crippen LogP contribution in [0.1, 0.15) is 5.56 Å². The highest BCUT2D eigenvalue weighted by molar-refractivity contribution is 7.92. The fraction of sp³-hybridized carbons (Fsp3) is 0.0769. The minimum atomic E-state index is -3.74. The summed E-state index contributed by atoms with van der Waals surface area (Å²) in [6.07, 6.45) is 0. The summed E-state index contributed by atoms with van der Waals surface area (Å²) in [4.78, 5) is -0.00396. The summed E-state index contributed by atoms with van der Waals surface area (Å²) in [6.45, 7) is 1.72. The molecule has 0 aromatic heterocycles. The molecule has 0 aliphatic heterocycles. The van der Waals surface area contributed by atoms with Crippen LogP contribution in [0, 0.1) is 12.7 Å². The Balaban J connectivity index is 2.36. The molecule has 4 nitrogen and oxygen atoms in total. The lowest BCUT2D eigenvalue weighted by Crippen LogP contribution is -2.14. The van der Waals surface area contributed by atoms with Gasteiger partial charge in [-0.3, -0.25) is 4.72 Å². The first-order valence-electron chi connectivity index (χ1n) is 5.53. The Kier molecular flexibility index (Phi) is 3.44. The molecule has 2 aromatic rings. The average molecular weight is 280 g/mol. The second-order valence-corrected chi connectivity index (χ2v) is 5.76. The molecule has 0 amide bonds. The van der Waals surface area contributed by atoms with E-state index in [1.54, 1.807) is 25.1 Å². The van der Waals surface area contributed by atoms with Crippen LogP contribution in [0.15, 0.2) is 47.4 Å². The number of nitrogens with one attached hydrogen (secondary N) is 1. The number of rotatable bonds is 3. The SMILES string of the molecule is Cc1c(N)cccc1NS(=O)(=O)c1ccc(F)cc1. The zero-order chi connectivity index (χ0) is 14.0. The van der Waals surface area contributed by atoms with Gasteiger partial charge in [-0.15, -0.1) is 0 Å². The maximum atomic E-state index is 12.8. The molecule has 2 rings (SSSR count). The highest BCUT2D eigenvalue weighted by Gasteiger charge is 2.15. The molecule has 0 fully saturated rings. The fourth-order valence-corrected chi connectivity index (χ4v) is 2.70. The van der Waals surface area contributed by atoms with Gasteiger partial charge in [0.05, 0.1) is 10.6 Å². The highest BCUT2D eigenvalue weighted by Crippen LogP contribution is 2.23. The van der Waals surface area contributed by atoms with Crippen LogP contribution in [0.2, 0.25) is 0 Å². The van der Waals surface area contributed by atoms with E-state index in [0.29, 0.717) is 16.9 Å². The molecule has 0 heterocycles. The Hall–Kier alpha value is -2.08. The summed E-state index contributed by atoms with van der Waals surface area (Å²) in [5.41, 5.74) is 7.27. The Bertz CT molecular complexity index is 697. The standard InChI is InChI=1S/C13H13FN2O2S/c1-9-12(15)3-2-4-13(9)16-19(17,18)11-7-5-10(14)6-8-11/h2-8,16H,15H2,1H3. The molecule has 0 bridgehead atoms. The largest absolute Gasteiger partial charge is 0.398 e. The molecule has 19 heavy (non-hydrogen) atoms. The van der Waals surface area contributed by atoms with Gasteiger partial charge in [0.1, 0.15) is 5.82 Å². The second-order valence-electron chi connectivity index (χ2n) is 4.08. The van der Waals surface area contributed by atoms with E-state index in [-0.39, 0.29) is 4.90 Å². The van der Waals surface area contributed by atoms with Crippen molar-refractivity contribution in [2.24, 2.45) is 0 Å². The van der Waals surface area contributed by atoms with Crippen molar-refractivity contribution in [3.8, 4) is 0 Å². The normalized spacial score (nSPS) is 11.3. The van der Waals surface area contributed by atoms with Gasteiger partial charge >= 0.3 is 0 Å². The van der Waals surface area contributed by atoms with E-state index in [0.717, 1.165) is 12.1 Å². The number of sulfonamides is 1. The molecule has 0 saturated carbocycles. The third kappa shape index (κ3) is 2.85. The van der Waals surface area contributed by atoms with Crippen molar-refractivity contribution in [1.29, 1.82) is 0 Å². The predicted octanol–water partition coefficient (Wildman–Crippen LogP) is 2.52. The van der Waals surface area contributed by atoms with Crippen molar-refractivity contribution in [1.82, 2.24) is 0 Å². The molecule has 0 unspecified atom stereocenters. The van der Waals surface area contributed by atoms with Crippen molar-refractivity contribution in [2.75, 3.05) is 10.5 Å². The molecule has 0 saturated heterocycles. The van der Waals surface area contributed by atoms with Gasteiger partial charge in [0.2, 0.25) is 0 Å². The van der Waals surface area contributed by atoms with Gasteiger partial charge < -0.3 is 5.73 Å². The van der Waals surface area contributed by atoms with Gasteiger partial charge in [0, 0.05) is 5.69 Å². The molecule has 6 heteroatoms. The van der Waals surface area contributed by atoms with E-state index in [1.807, 2.05) is 0 Å². The van der Waals surface area contributed by atoms with Crippen molar-refractivity contribution < 1.29 is 12.8 Å². The van der Waals surface area contributed by atoms with Gasteiger partial charge in [-0.1, -0.05) is 6.07 Å². The monoisotopic (exact) mass is 280 g/mol. The summed E-state index contributed by atoms with van der Waals surface area (Å²) in [5.74, 6) is -0.487. The molecule has 0 aliphatic carbocycles. The smallest absolute Gasteiger partial charge is 0.261 e. The maximum Gasteiger partial charge on any atom is 0.261 e. The van der Waals surface area contributed by atoms with Crippen molar-refractivity contribution in [2.45, 2.75) is 11.8 Å². The molecular formula is C13H13FN2O2S. The molecule has 2 aromatic carbocycles. The van der Waals surface area contributed by atoms with E-state index in [4.69, 9.17) is 5.73 Å². The third-order valence-electron chi connectivity index (χ3n) is 2.74. The molecular weight excluding hydrogens is 267 g/mol. The van der Waals surface area contributed by atoms with Crippen LogP contribution in [-0.2, 0) is 10.0 Å². The molecule has 3 N–H and O–H groups in total. The van der Waals surface area contributed by atoms with Gasteiger partial charge in [-0.2, -0.15) is 0 Å². The van der Waals surface area contributed by atoms with E-state index < -0.39 is 15.8 Å². The number of nitrogen functional groups attached to an aromatic ring is 1. The Morgan fingerprint density at radius 2 is 1.74 bits per heavy atom. The lowest BCUT2D eigenvalue weighted by Gasteiger charge is -2.11. The van der Waals surface area contributed by atoms with Crippen molar-refractivity contribution >= 4 is 21.4 Å². The Morgan fingerprint density at radius 3 is 2.37 bits per heavy atom. The molecule has 100 valence electrons. The van der Waals surface area contributed by atoms with E-state index in [2.05, 4.69) is 4.72 Å². The third-order valence-corrected chi connectivity index (χ3v) is 4.13. The number of hydrogen-bond acceptors (Lipinski definition) is 3. The fourth-order valence-electron chi connectivity index (χ4n) is 1.58. The second kappa shape index (κ2) is 4.89. The summed E-state index contributed by atoms with van der Waals surface area (Å²) in [7, 11) is -3.74. The van der Waals surface area contributed by atoms with E-state index in [9.17, 15) is 12.8 Å². The number of halogens is 1. The lowest BCUT2D eigenvalue weighted by atomic mass is 10.2. The predicted molar refractivity (Wildman–Crippen MR) is 72.8 cm³/mol. The van der Waals surface area contributed by atoms with Crippen LogP contribution in [-0.4, -0.2) is 8.42 Å². The summed E-state index contributed by atoms with van der Waals surface area (Å²) < 4.78 is 39.4. The van der Waals surface area contributed by atoms with E-state index in [1.165, 1.54) is 12.1 Å². The van der Waals surface area contributed by atoms with Gasteiger partial charge in [-0.25, -0.2) is 12.8 Å². The first-order chi connectivity index (χ1) is 8.90. The van der Waals surface area contributed by atoms with Gasteiger partial charge in [-0.05, 0) is 48.9 Å². The zero-order valence-electron chi connectivity index (χ0n) is 10.2. The first kappa shape index (κ1) is 13.4. The van der Waals surface area contributed by atoms with Crippen molar-refractivity contribution in [3.05, 3.63) is 53.8 Å². The number of anilines is 2. The van der Waals surface area contributed by atoms with E-state index >= 15 is 0 Å². The molecule has 0 radical (unpaired) electrons. The zero-order valence-corrected chi connectivity index (χ0v) is 11.0. The van der Waals surface area contributed by atoms with Crippen LogP contribution in [0.4, 0.5) is 15.8 Å². The van der Waals surface area contributed by atoms with Gasteiger partial charge in [0.15, 0.2) is 0 Å². The molecule has 0 spiro atoms. The topological polar surface area (TPSA) is 72.2 Å². The maximum absolute atomic E-state index is 12.8. The van der Waals surface area contributed by atoms with Gasteiger partial charge in [0.25, 0.3) is 10.0 Å². The Morgan fingerprint density at radius 1 is 1.11 bits per heavy atom. The quantitative estimate of drug-likeness (QED) is 0.848. The first-order valence-corrected chi connectivity index (χ1v) is 7.02. The Labute approximate surface area is 111 Å². The van der Waals surface area contributed by atoms with Crippen LogP contribution < -0.4 is 10.5 Å². The van der Waals surface area contributed by atoms with Crippen LogP contribution >= 0.6 is 0 Å². The average Bonchev–Trinajstić information content (AvgIpc) is 2.35. The van der Waals surface area contributed by atoms with Crippen LogP contribution in [0.5, 0.6) is 0 Å². The molecule has 0 atom stereocenters. The minimum absolute atomic E-state index is 0.00396.